The fourth-order valence-corrected chi connectivity index (χ4v) is 6.90. The molecule has 1 aromatic rings. The summed E-state index contributed by atoms with van der Waals surface area (Å²) in [5.41, 5.74) is 7.95. The van der Waals surface area contributed by atoms with Crippen LogP contribution in [0.5, 0.6) is 0 Å². The standard InChI is InChI=1S/C21H21ClS/c1-21(2)16-10-9-14-13-5-3-4-6-18(13)23-20(14)19(16)15-8-7-12(22)11-17(15)21/h4,6-8,11,13,18H,3,5,9-10H2,1-2H3. The molecule has 0 aromatic heterocycles. The van der Waals surface area contributed by atoms with Crippen molar-refractivity contribution in [2.45, 2.75) is 50.2 Å². The van der Waals surface area contributed by atoms with Crippen molar-refractivity contribution in [2.24, 2.45) is 5.92 Å². The summed E-state index contributed by atoms with van der Waals surface area (Å²) < 4.78 is 0. The van der Waals surface area contributed by atoms with Crippen LogP contribution in [-0.2, 0) is 5.41 Å². The van der Waals surface area contributed by atoms with Gasteiger partial charge in [0.1, 0.15) is 0 Å². The third-order valence-electron chi connectivity index (χ3n) is 6.21. The topological polar surface area (TPSA) is 0 Å². The number of thioether (sulfide) groups is 1. The smallest absolute Gasteiger partial charge is 0.0409 e. The van der Waals surface area contributed by atoms with Crippen molar-refractivity contribution < 1.29 is 0 Å². The van der Waals surface area contributed by atoms with Gasteiger partial charge in [-0.2, -0.15) is 0 Å². The van der Waals surface area contributed by atoms with Gasteiger partial charge in [0.25, 0.3) is 0 Å². The molecule has 0 amide bonds. The van der Waals surface area contributed by atoms with Crippen LogP contribution in [-0.4, -0.2) is 5.25 Å². The van der Waals surface area contributed by atoms with Gasteiger partial charge in [0.15, 0.2) is 0 Å². The van der Waals surface area contributed by atoms with E-state index >= 15 is 0 Å². The number of allylic oxidation sites excluding steroid dienone is 4. The first-order valence-corrected chi connectivity index (χ1v) is 9.94. The molecule has 3 aliphatic carbocycles. The van der Waals surface area contributed by atoms with E-state index in [1.54, 1.807) is 21.6 Å². The highest BCUT2D eigenvalue weighted by Crippen LogP contribution is 2.62. The maximum atomic E-state index is 6.31. The molecular weight excluding hydrogens is 320 g/mol. The Morgan fingerprint density at radius 2 is 2.09 bits per heavy atom. The van der Waals surface area contributed by atoms with Gasteiger partial charge in [-0.3, -0.25) is 0 Å². The van der Waals surface area contributed by atoms with E-state index in [2.05, 4.69) is 56.0 Å². The molecule has 4 aliphatic rings. The van der Waals surface area contributed by atoms with Crippen LogP contribution >= 0.6 is 23.4 Å². The Bertz CT molecular complexity index is 809. The van der Waals surface area contributed by atoms with Gasteiger partial charge >= 0.3 is 0 Å². The van der Waals surface area contributed by atoms with E-state index in [9.17, 15) is 0 Å². The molecule has 0 fully saturated rings. The quantitative estimate of drug-likeness (QED) is 0.485. The largest absolute Gasteiger partial charge is 0.117 e. The summed E-state index contributed by atoms with van der Waals surface area (Å²) in [6, 6.07) is 6.52. The summed E-state index contributed by atoms with van der Waals surface area (Å²) in [6.07, 6.45) is 9.92. The molecule has 0 bridgehead atoms. The predicted octanol–water partition coefficient (Wildman–Crippen LogP) is 6.51. The van der Waals surface area contributed by atoms with Crippen molar-refractivity contribution >= 4 is 28.9 Å². The summed E-state index contributed by atoms with van der Waals surface area (Å²) in [4.78, 5) is 1.61. The third-order valence-corrected chi connectivity index (χ3v) is 7.91. The predicted molar refractivity (Wildman–Crippen MR) is 101 cm³/mol. The van der Waals surface area contributed by atoms with Gasteiger partial charge in [-0.25, -0.2) is 0 Å². The second-order valence-corrected chi connectivity index (χ2v) is 9.34. The van der Waals surface area contributed by atoms with Gasteiger partial charge in [-0.1, -0.05) is 54.8 Å². The molecule has 23 heavy (non-hydrogen) atoms. The summed E-state index contributed by atoms with van der Waals surface area (Å²) in [6.45, 7) is 4.76. The molecule has 0 N–H and O–H groups in total. The van der Waals surface area contributed by atoms with Crippen molar-refractivity contribution in [3.8, 4) is 0 Å². The number of fused-ring (bicyclic) bond motifs is 5. The molecule has 2 unspecified atom stereocenters. The van der Waals surface area contributed by atoms with Crippen LogP contribution in [0.1, 0.15) is 50.7 Å². The fraction of sp³-hybridized carbons (Fsp3) is 0.429. The van der Waals surface area contributed by atoms with E-state index in [1.807, 2.05) is 0 Å². The Morgan fingerprint density at radius 1 is 1.22 bits per heavy atom. The van der Waals surface area contributed by atoms with Crippen LogP contribution in [0, 0.1) is 5.92 Å². The molecule has 2 heteroatoms. The van der Waals surface area contributed by atoms with Crippen molar-refractivity contribution in [3.05, 3.63) is 62.6 Å². The van der Waals surface area contributed by atoms with Crippen LogP contribution in [0.25, 0.3) is 5.57 Å². The molecule has 0 saturated heterocycles. The highest BCUT2D eigenvalue weighted by atomic mass is 35.5. The van der Waals surface area contributed by atoms with E-state index < -0.39 is 0 Å². The van der Waals surface area contributed by atoms with E-state index in [-0.39, 0.29) is 5.41 Å². The maximum absolute atomic E-state index is 6.31. The number of benzene rings is 1. The molecule has 2 atom stereocenters. The molecule has 0 saturated carbocycles. The molecule has 5 rings (SSSR count). The van der Waals surface area contributed by atoms with Crippen molar-refractivity contribution in [2.75, 3.05) is 0 Å². The summed E-state index contributed by atoms with van der Waals surface area (Å²) in [5.74, 6) is 0.786. The zero-order valence-corrected chi connectivity index (χ0v) is 15.2. The van der Waals surface area contributed by atoms with Crippen molar-refractivity contribution in [3.63, 3.8) is 0 Å². The lowest BCUT2D eigenvalue weighted by molar-refractivity contribution is 0.536. The number of hydrogen-bond donors (Lipinski definition) is 0. The average molecular weight is 341 g/mol. The first-order chi connectivity index (χ1) is 11.1. The Labute approximate surface area is 147 Å². The molecule has 1 aromatic carbocycles. The van der Waals surface area contributed by atoms with Gasteiger partial charge in [0, 0.05) is 20.6 Å². The second-order valence-electron chi connectivity index (χ2n) is 7.72. The van der Waals surface area contributed by atoms with Crippen LogP contribution in [0.2, 0.25) is 5.02 Å². The number of rotatable bonds is 0. The lowest BCUT2D eigenvalue weighted by Gasteiger charge is -2.29. The lowest BCUT2D eigenvalue weighted by Crippen LogP contribution is -2.20. The highest BCUT2D eigenvalue weighted by Gasteiger charge is 2.45. The molecule has 1 heterocycles. The third kappa shape index (κ3) is 1.87. The molecular formula is C21H21ClS. The zero-order valence-electron chi connectivity index (χ0n) is 13.7. The number of halogens is 1. The second kappa shape index (κ2) is 4.80. The molecule has 0 radical (unpaired) electrons. The minimum absolute atomic E-state index is 0.123. The van der Waals surface area contributed by atoms with Crippen LogP contribution in [0.3, 0.4) is 0 Å². The van der Waals surface area contributed by atoms with E-state index in [0.29, 0.717) is 5.25 Å². The highest BCUT2D eigenvalue weighted by molar-refractivity contribution is 8.04. The van der Waals surface area contributed by atoms with Gasteiger partial charge in [-0.15, -0.1) is 11.8 Å². The summed E-state index contributed by atoms with van der Waals surface area (Å²) >= 11 is 8.44. The first-order valence-electron chi connectivity index (χ1n) is 8.68. The SMILES string of the molecule is CC1(C)C2=C(C3=C(CC2)C2CCC=CC2S3)c2ccc(Cl)cc21. The molecule has 118 valence electrons. The molecule has 1 aliphatic heterocycles. The fourth-order valence-electron chi connectivity index (χ4n) is 5.04. The molecule has 0 nitrogen and oxygen atoms in total. The normalized spacial score (nSPS) is 30.2. The Kier molecular flexibility index (Phi) is 3.01. The van der Waals surface area contributed by atoms with Crippen LogP contribution < -0.4 is 0 Å². The van der Waals surface area contributed by atoms with Gasteiger partial charge < -0.3 is 0 Å². The van der Waals surface area contributed by atoms with E-state index in [4.69, 9.17) is 11.6 Å². The van der Waals surface area contributed by atoms with E-state index in [0.717, 1.165) is 10.9 Å². The van der Waals surface area contributed by atoms with Gasteiger partial charge in [0.2, 0.25) is 0 Å². The van der Waals surface area contributed by atoms with Crippen molar-refractivity contribution in [1.82, 2.24) is 0 Å². The summed E-state index contributed by atoms with van der Waals surface area (Å²) in [5, 5.41) is 1.54. The van der Waals surface area contributed by atoms with Crippen LogP contribution in [0.15, 0.2) is 46.4 Å². The maximum Gasteiger partial charge on any atom is 0.0409 e. The van der Waals surface area contributed by atoms with Gasteiger partial charge in [0.05, 0.1) is 0 Å². The first kappa shape index (κ1) is 14.4. The Balaban J connectivity index is 1.71. The number of hydrogen-bond acceptors (Lipinski definition) is 1. The Morgan fingerprint density at radius 3 is 2.96 bits per heavy atom. The summed E-state index contributed by atoms with van der Waals surface area (Å²) in [7, 11) is 0. The lowest BCUT2D eigenvalue weighted by atomic mass is 9.75. The minimum atomic E-state index is 0.123. The van der Waals surface area contributed by atoms with E-state index in [1.165, 1.54) is 36.8 Å². The Hall–Kier alpha value is -0.920. The van der Waals surface area contributed by atoms with Crippen LogP contribution in [0.4, 0.5) is 0 Å². The average Bonchev–Trinajstić information content (AvgIpc) is 3.02. The van der Waals surface area contributed by atoms with Gasteiger partial charge in [-0.05, 0) is 60.4 Å². The van der Waals surface area contributed by atoms with Crippen molar-refractivity contribution in [1.29, 1.82) is 0 Å². The molecule has 0 spiro atoms. The zero-order chi connectivity index (χ0) is 15.8. The minimum Gasteiger partial charge on any atom is -0.117 e. The monoisotopic (exact) mass is 340 g/mol.